The first-order chi connectivity index (χ1) is 15.9. The summed E-state index contributed by atoms with van der Waals surface area (Å²) in [6.45, 7) is 5.00. The molecule has 1 aliphatic heterocycles. The monoisotopic (exact) mass is 451 g/mol. The molecule has 2 atom stereocenters. The lowest BCUT2D eigenvalue weighted by molar-refractivity contribution is -0.125. The zero-order valence-electron chi connectivity index (χ0n) is 19.5. The first kappa shape index (κ1) is 24.3. The average Bonchev–Trinajstić information content (AvgIpc) is 2.87. The number of nitrogens with one attached hydrogen (secondary N) is 2. The summed E-state index contributed by atoms with van der Waals surface area (Å²) >= 11 is 0. The third-order valence-corrected chi connectivity index (χ3v) is 6.22. The highest BCUT2D eigenvalue weighted by Crippen LogP contribution is 2.24. The lowest BCUT2D eigenvalue weighted by atomic mass is 9.88. The van der Waals surface area contributed by atoms with Gasteiger partial charge in [0.15, 0.2) is 0 Å². The van der Waals surface area contributed by atoms with Crippen LogP contribution < -0.4 is 15.4 Å². The third-order valence-electron chi connectivity index (χ3n) is 6.22. The van der Waals surface area contributed by atoms with Crippen LogP contribution in [-0.4, -0.2) is 54.9 Å². The Kier molecular flexibility index (Phi) is 8.46. The van der Waals surface area contributed by atoms with Crippen LogP contribution in [0.2, 0.25) is 0 Å². The van der Waals surface area contributed by atoms with Gasteiger partial charge < -0.3 is 20.3 Å². The van der Waals surface area contributed by atoms with Crippen molar-refractivity contribution < 1.29 is 19.1 Å². The fourth-order valence-corrected chi connectivity index (χ4v) is 4.02. The molecule has 0 aromatic heterocycles. The van der Waals surface area contributed by atoms with Crippen LogP contribution in [-0.2, 0) is 4.79 Å². The number of piperidine rings is 1. The molecule has 0 saturated carbocycles. The molecule has 1 aliphatic rings. The molecule has 3 rings (SSSR count). The average molecular weight is 452 g/mol. The minimum Gasteiger partial charge on any atom is -0.497 e. The summed E-state index contributed by atoms with van der Waals surface area (Å²) in [7, 11) is 1.57. The summed E-state index contributed by atoms with van der Waals surface area (Å²) in [4.78, 5) is 40.6. The molecule has 1 saturated heterocycles. The second-order valence-electron chi connectivity index (χ2n) is 8.50. The van der Waals surface area contributed by atoms with E-state index >= 15 is 0 Å². The van der Waals surface area contributed by atoms with Gasteiger partial charge in [0.05, 0.1) is 7.11 Å². The largest absolute Gasteiger partial charge is 0.497 e. The molecule has 33 heavy (non-hydrogen) atoms. The molecule has 7 heteroatoms. The van der Waals surface area contributed by atoms with Gasteiger partial charge in [0.1, 0.15) is 11.8 Å². The number of rotatable bonds is 8. The molecular weight excluding hydrogens is 418 g/mol. The van der Waals surface area contributed by atoms with E-state index in [4.69, 9.17) is 4.74 Å². The van der Waals surface area contributed by atoms with Crippen molar-refractivity contribution in [1.82, 2.24) is 15.5 Å². The Morgan fingerprint density at radius 3 is 2.30 bits per heavy atom. The number of likely N-dealkylation sites (tertiary alicyclic amines) is 1. The molecule has 0 spiro atoms. The number of amides is 3. The number of methoxy groups -OCH3 is 1. The van der Waals surface area contributed by atoms with Gasteiger partial charge in [-0.15, -0.1) is 0 Å². The maximum Gasteiger partial charge on any atom is 0.253 e. The SMILES string of the molecule is CC[C@H](C)NC(=O)[C@@H](NC(=O)c1ccccc1)C1CCN(C(=O)c2cccc(OC)c2)CC1. The van der Waals surface area contributed by atoms with Gasteiger partial charge in [0.2, 0.25) is 5.91 Å². The van der Waals surface area contributed by atoms with Gasteiger partial charge >= 0.3 is 0 Å². The smallest absolute Gasteiger partial charge is 0.253 e. The maximum atomic E-state index is 13.1. The van der Waals surface area contributed by atoms with E-state index in [2.05, 4.69) is 10.6 Å². The van der Waals surface area contributed by atoms with E-state index in [-0.39, 0.29) is 29.7 Å². The van der Waals surface area contributed by atoms with E-state index in [1.165, 1.54) is 0 Å². The second kappa shape index (κ2) is 11.5. The molecule has 2 aromatic rings. The quantitative estimate of drug-likeness (QED) is 0.645. The normalized spacial score (nSPS) is 15.9. The van der Waals surface area contributed by atoms with Gasteiger partial charge in [-0.1, -0.05) is 31.2 Å². The summed E-state index contributed by atoms with van der Waals surface area (Å²) in [6, 6.07) is 15.4. The lowest BCUT2D eigenvalue weighted by Gasteiger charge is -2.36. The van der Waals surface area contributed by atoms with Crippen molar-refractivity contribution in [3.63, 3.8) is 0 Å². The topological polar surface area (TPSA) is 87.7 Å². The minimum absolute atomic E-state index is 0.0170. The molecule has 0 radical (unpaired) electrons. The Morgan fingerprint density at radius 2 is 1.67 bits per heavy atom. The summed E-state index contributed by atoms with van der Waals surface area (Å²) in [5.41, 5.74) is 1.10. The van der Waals surface area contributed by atoms with Crippen LogP contribution in [0.25, 0.3) is 0 Å². The maximum absolute atomic E-state index is 13.1. The van der Waals surface area contributed by atoms with Crippen molar-refractivity contribution in [2.45, 2.75) is 45.2 Å². The molecule has 7 nitrogen and oxygen atoms in total. The third kappa shape index (κ3) is 6.34. The Hall–Kier alpha value is -3.35. The second-order valence-corrected chi connectivity index (χ2v) is 8.50. The van der Waals surface area contributed by atoms with Crippen LogP contribution >= 0.6 is 0 Å². The molecule has 0 aliphatic carbocycles. The van der Waals surface area contributed by atoms with Crippen molar-refractivity contribution in [1.29, 1.82) is 0 Å². The number of benzene rings is 2. The summed E-state index contributed by atoms with van der Waals surface area (Å²) in [6.07, 6.45) is 2.06. The molecular formula is C26H33N3O4. The fourth-order valence-electron chi connectivity index (χ4n) is 4.02. The first-order valence-corrected chi connectivity index (χ1v) is 11.5. The van der Waals surface area contributed by atoms with Crippen molar-refractivity contribution in [2.75, 3.05) is 20.2 Å². The van der Waals surface area contributed by atoms with E-state index in [0.29, 0.717) is 42.8 Å². The number of hydrogen-bond donors (Lipinski definition) is 2. The Morgan fingerprint density at radius 1 is 1.00 bits per heavy atom. The van der Waals surface area contributed by atoms with E-state index in [9.17, 15) is 14.4 Å². The highest BCUT2D eigenvalue weighted by Gasteiger charge is 2.34. The number of nitrogens with zero attached hydrogens (tertiary/aromatic N) is 1. The molecule has 2 aromatic carbocycles. The molecule has 3 amide bonds. The van der Waals surface area contributed by atoms with Crippen molar-refractivity contribution in [3.05, 3.63) is 65.7 Å². The van der Waals surface area contributed by atoms with E-state index in [1.54, 1.807) is 60.5 Å². The minimum atomic E-state index is -0.652. The Balaban J connectivity index is 1.69. The molecule has 1 heterocycles. The number of ether oxygens (including phenoxy) is 1. The van der Waals surface area contributed by atoms with Crippen LogP contribution in [0.4, 0.5) is 0 Å². The molecule has 0 bridgehead atoms. The van der Waals surface area contributed by atoms with Crippen LogP contribution in [0.1, 0.15) is 53.8 Å². The van der Waals surface area contributed by atoms with E-state index in [1.807, 2.05) is 19.9 Å². The lowest BCUT2D eigenvalue weighted by Crippen LogP contribution is -2.55. The van der Waals surface area contributed by atoms with Gasteiger partial charge in [-0.3, -0.25) is 14.4 Å². The van der Waals surface area contributed by atoms with Gasteiger partial charge in [0.25, 0.3) is 11.8 Å². The van der Waals surface area contributed by atoms with E-state index in [0.717, 1.165) is 6.42 Å². The predicted octanol–water partition coefficient (Wildman–Crippen LogP) is 3.26. The standard InChI is InChI=1S/C26H33N3O4/c1-4-18(2)27-25(31)23(28-24(30)20-9-6-5-7-10-20)19-13-15-29(16-14-19)26(32)21-11-8-12-22(17-21)33-3/h5-12,17-19,23H,4,13-16H2,1-3H3,(H,27,31)(H,28,30)/t18-,23-/m0/s1. The summed E-state index contributed by atoms with van der Waals surface area (Å²) in [5, 5.41) is 5.96. The van der Waals surface area contributed by atoms with Crippen molar-refractivity contribution in [3.8, 4) is 5.75 Å². The van der Waals surface area contributed by atoms with Gasteiger partial charge in [0, 0.05) is 30.3 Å². The van der Waals surface area contributed by atoms with Crippen LogP contribution in [0, 0.1) is 5.92 Å². The highest BCUT2D eigenvalue weighted by molar-refractivity contribution is 5.98. The molecule has 176 valence electrons. The predicted molar refractivity (Wildman–Crippen MR) is 127 cm³/mol. The zero-order chi connectivity index (χ0) is 23.8. The summed E-state index contributed by atoms with van der Waals surface area (Å²) in [5.74, 6) is 0.0829. The fraction of sp³-hybridized carbons (Fsp3) is 0.423. The summed E-state index contributed by atoms with van der Waals surface area (Å²) < 4.78 is 5.23. The van der Waals surface area contributed by atoms with Crippen molar-refractivity contribution in [2.24, 2.45) is 5.92 Å². The number of carbonyl (C=O) groups is 3. The number of carbonyl (C=O) groups excluding carboxylic acids is 3. The molecule has 0 unspecified atom stereocenters. The zero-order valence-corrected chi connectivity index (χ0v) is 19.5. The first-order valence-electron chi connectivity index (χ1n) is 11.5. The van der Waals surface area contributed by atoms with Gasteiger partial charge in [-0.2, -0.15) is 0 Å². The Bertz CT molecular complexity index is 955. The van der Waals surface area contributed by atoms with Crippen LogP contribution in [0.5, 0.6) is 5.75 Å². The van der Waals surface area contributed by atoms with Crippen LogP contribution in [0.3, 0.4) is 0 Å². The van der Waals surface area contributed by atoms with Gasteiger partial charge in [-0.05, 0) is 62.4 Å². The molecule has 2 N–H and O–H groups in total. The van der Waals surface area contributed by atoms with E-state index < -0.39 is 6.04 Å². The van der Waals surface area contributed by atoms with Crippen molar-refractivity contribution >= 4 is 17.7 Å². The molecule has 1 fully saturated rings. The number of hydrogen-bond acceptors (Lipinski definition) is 4. The highest BCUT2D eigenvalue weighted by atomic mass is 16.5. The Labute approximate surface area is 195 Å². The van der Waals surface area contributed by atoms with Gasteiger partial charge in [-0.25, -0.2) is 0 Å². The van der Waals surface area contributed by atoms with Crippen LogP contribution in [0.15, 0.2) is 54.6 Å².